The van der Waals surface area contributed by atoms with Crippen LogP contribution < -0.4 is 5.32 Å². The number of hydrogen-bond donors (Lipinski definition) is 1. The van der Waals surface area contributed by atoms with Crippen LogP contribution in [0.1, 0.15) is 95.4 Å². The second kappa shape index (κ2) is 15.1. The zero-order valence-electron chi connectivity index (χ0n) is 30.4. The van der Waals surface area contributed by atoms with Gasteiger partial charge in [-0.25, -0.2) is 22.8 Å². The molecule has 2 atom stereocenters. The largest absolute Gasteiger partial charge is 0.444 e. The Morgan fingerprint density at radius 3 is 1.94 bits per heavy atom. The second-order valence-corrected chi connectivity index (χ2v) is 16.2. The number of alkyl carbamates (subject to hydrolysis) is 1. The van der Waals surface area contributed by atoms with Crippen LogP contribution in [0.2, 0.25) is 0 Å². The Bertz CT molecular complexity index is 1660. The van der Waals surface area contributed by atoms with E-state index in [0.29, 0.717) is 48.2 Å². The summed E-state index contributed by atoms with van der Waals surface area (Å²) in [6.45, 7) is 11.8. The number of rotatable bonds is 10. The molecular weight excluding hydrogens is 657 g/mol. The Hall–Kier alpha value is -4.34. The van der Waals surface area contributed by atoms with Crippen molar-refractivity contribution in [2.24, 2.45) is 11.3 Å². The number of carbonyl (C=O) groups is 3. The smallest absolute Gasteiger partial charge is 0.410 e. The minimum atomic E-state index is -1.23. The van der Waals surface area contributed by atoms with Crippen molar-refractivity contribution in [3.05, 3.63) is 106 Å². The van der Waals surface area contributed by atoms with Crippen molar-refractivity contribution < 1.29 is 37.0 Å². The van der Waals surface area contributed by atoms with Crippen molar-refractivity contribution in [1.29, 1.82) is 0 Å². The monoisotopic (exact) mass is 706 g/mol. The molecule has 1 aliphatic heterocycles. The molecule has 5 rings (SSSR count). The number of ether oxygens (including phenoxy) is 2. The fourth-order valence-corrected chi connectivity index (χ4v) is 7.12. The molecule has 0 bridgehead atoms. The van der Waals surface area contributed by atoms with Gasteiger partial charge in [0.15, 0.2) is 5.78 Å². The highest BCUT2D eigenvalue weighted by Gasteiger charge is 2.50. The third-order valence-electron chi connectivity index (χ3n) is 9.53. The highest BCUT2D eigenvalue weighted by Crippen LogP contribution is 2.54. The standard InChI is InChI=1S/C41H49F3N2O5/c1-39(2,3)50-37(48)45-36(35(27-11-15-30(42)16-12-27)28-13-17-31(43)18-14-28)34(47)22-29-8-7-9-33(44)32(29)19-10-26-23-41(20-21-41)25-46(24-26)38(49)51-40(4,5)6/h7-9,11-18,26,35-36H,10,19-25H2,1-6H3,(H,45,48)/t26-,36-/m1/s1. The van der Waals surface area contributed by atoms with Gasteiger partial charge in [0.2, 0.25) is 0 Å². The van der Waals surface area contributed by atoms with E-state index in [1.165, 1.54) is 54.6 Å². The van der Waals surface area contributed by atoms with Crippen molar-refractivity contribution in [3.63, 3.8) is 0 Å². The van der Waals surface area contributed by atoms with Gasteiger partial charge in [0, 0.05) is 25.4 Å². The molecule has 274 valence electrons. The fraction of sp³-hybridized carbons (Fsp3) is 0.488. The molecule has 3 aromatic carbocycles. The minimum absolute atomic E-state index is 0.0735. The summed E-state index contributed by atoms with van der Waals surface area (Å²) in [5.74, 6) is -2.56. The van der Waals surface area contributed by atoms with Crippen molar-refractivity contribution in [1.82, 2.24) is 10.2 Å². The number of piperidine rings is 1. The van der Waals surface area contributed by atoms with E-state index >= 15 is 4.39 Å². The topological polar surface area (TPSA) is 84.9 Å². The number of nitrogens with zero attached hydrogens (tertiary/aromatic N) is 1. The zero-order valence-corrected chi connectivity index (χ0v) is 30.4. The van der Waals surface area contributed by atoms with Gasteiger partial charge in [-0.05, 0) is 138 Å². The van der Waals surface area contributed by atoms with Crippen molar-refractivity contribution in [3.8, 4) is 0 Å². The summed E-state index contributed by atoms with van der Waals surface area (Å²) in [7, 11) is 0. The van der Waals surface area contributed by atoms with Crippen LogP contribution in [-0.2, 0) is 27.1 Å². The van der Waals surface area contributed by atoms with E-state index in [-0.39, 0.29) is 23.8 Å². The first-order chi connectivity index (χ1) is 23.9. The van der Waals surface area contributed by atoms with E-state index in [1.807, 2.05) is 20.8 Å². The number of Topliss-reactive ketones (excluding diaryl/α,β-unsaturated/α-hetero) is 1. The highest BCUT2D eigenvalue weighted by molar-refractivity contribution is 5.91. The Labute approximate surface area is 298 Å². The number of amides is 2. The lowest BCUT2D eigenvalue weighted by Crippen LogP contribution is -2.48. The Morgan fingerprint density at radius 2 is 1.41 bits per heavy atom. The number of ketones is 1. The van der Waals surface area contributed by atoms with Gasteiger partial charge in [0.25, 0.3) is 0 Å². The van der Waals surface area contributed by atoms with Gasteiger partial charge in [-0.1, -0.05) is 36.4 Å². The lowest BCUT2D eigenvalue weighted by Gasteiger charge is -2.39. The van der Waals surface area contributed by atoms with Crippen molar-refractivity contribution >= 4 is 18.0 Å². The summed E-state index contributed by atoms with van der Waals surface area (Å²) in [5.41, 5.74) is 0.499. The van der Waals surface area contributed by atoms with E-state index in [1.54, 1.807) is 37.8 Å². The normalized spacial score (nSPS) is 17.6. The molecule has 10 heteroatoms. The second-order valence-electron chi connectivity index (χ2n) is 16.2. The first kappa shape index (κ1) is 37.9. The minimum Gasteiger partial charge on any atom is -0.444 e. The van der Waals surface area contributed by atoms with Crippen LogP contribution in [-0.4, -0.2) is 53.2 Å². The summed E-state index contributed by atoms with van der Waals surface area (Å²) in [4.78, 5) is 42.4. The predicted octanol–water partition coefficient (Wildman–Crippen LogP) is 8.91. The number of halogens is 3. The van der Waals surface area contributed by atoms with Crippen molar-refractivity contribution in [2.45, 2.75) is 103 Å². The summed E-state index contributed by atoms with van der Waals surface area (Å²) < 4.78 is 54.9. The summed E-state index contributed by atoms with van der Waals surface area (Å²) in [6, 6.07) is 14.5. The molecule has 1 aliphatic carbocycles. The molecule has 1 saturated carbocycles. The van der Waals surface area contributed by atoms with E-state index in [9.17, 15) is 23.2 Å². The van der Waals surface area contributed by atoms with Crippen LogP contribution in [0, 0.1) is 28.8 Å². The average molecular weight is 707 g/mol. The Balaban J connectivity index is 1.42. The fourth-order valence-electron chi connectivity index (χ4n) is 7.12. The number of benzene rings is 3. The number of hydrogen-bond acceptors (Lipinski definition) is 5. The molecule has 0 aromatic heterocycles. The lowest BCUT2D eigenvalue weighted by molar-refractivity contribution is -0.120. The van der Waals surface area contributed by atoms with Gasteiger partial charge >= 0.3 is 12.2 Å². The summed E-state index contributed by atoms with van der Waals surface area (Å²) in [6.07, 6.45) is 2.58. The molecular formula is C41H49F3N2O5. The molecule has 1 heterocycles. The molecule has 0 radical (unpaired) electrons. The molecule has 2 amide bonds. The third-order valence-corrected chi connectivity index (χ3v) is 9.53. The quantitative estimate of drug-likeness (QED) is 0.228. The molecule has 2 aliphatic rings. The molecule has 3 aromatic rings. The van der Waals surface area contributed by atoms with Crippen molar-refractivity contribution in [2.75, 3.05) is 13.1 Å². The first-order valence-corrected chi connectivity index (χ1v) is 17.7. The summed E-state index contributed by atoms with van der Waals surface area (Å²) >= 11 is 0. The predicted molar refractivity (Wildman–Crippen MR) is 189 cm³/mol. The van der Waals surface area contributed by atoms with Gasteiger partial charge in [0.05, 0.1) is 0 Å². The molecule has 7 nitrogen and oxygen atoms in total. The maximum Gasteiger partial charge on any atom is 0.410 e. The van der Waals surface area contributed by atoms with E-state index in [0.717, 1.165) is 19.3 Å². The maximum atomic E-state index is 15.6. The average Bonchev–Trinajstić information content (AvgIpc) is 3.77. The van der Waals surface area contributed by atoms with Gasteiger partial charge in [-0.2, -0.15) is 0 Å². The van der Waals surface area contributed by atoms with E-state index in [2.05, 4.69) is 5.32 Å². The lowest BCUT2D eigenvalue weighted by atomic mass is 9.80. The molecule has 51 heavy (non-hydrogen) atoms. The molecule has 1 N–H and O–H groups in total. The van der Waals surface area contributed by atoms with Gasteiger partial charge in [0.1, 0.15) is 34.7 Å². The molecule has 1 saturated heterocycles. The number of carbonyl (C=O) groups excluding carboxylic acids is 3. The first-order valence-electron chi connectivity index (χ1n) is 17.7. The van der Waals surface area contributed by atoms with Gasteiger partial charge in [-0.3, -0.25) is 4.79 Å². The van der Waals surface area contributed by atoms with Gasteiger partial charge < -0.3 is 19.7 Å². The van der Waals surface area contributed by atoms with Crippen LogP contribution in [0.4, 0.5) is 22.8 Å². The maximum absolute atomic E-state index is 15.6. The highest BCUT2D eigenvalue weighted by atomic mass is 19.1. The van der Waals surface area contributed by atoms with Crippen LogP contribution in [0.25, 0.3) is 0 Å². The van der Waals surface area contributed by atoms with Crippen LogP contribution in [0.5, 0.6) is 0 Å². The van der Waals surface area contributed by atoms with E-state index < -0.39 is 52.5 Å². The number of likely N-dealkylation sites (tertiary alicyclic amines) is 1. The number of nitrogens with one attached hydrogen (secondary N) is 1. The van der Waals surface area contributed by atoms with Crippen LogP contribution >= 0.6 is 0 Å². The Morgan fingerprint density at radius 1 is 0.843 bits per heavy atom. The SMILES string of the molecule is CC(C)(C)OC(=O)N[C@H](C(=O)Cc1cccc(F)c1CC[C@H]1CN(C(=O)OC(C)(C)C)CC2(CC2)C1)C(c1ccc(F)cc1)c1ccc(F)cc1. The van der Waals surface area contributed by atoms with Crippen LogP contribution in [0.15, 0.2) is 66.7 Å². The van der Waals surface area contributed by atoms with Crippen LogP contribution in [0.3, 0.4) is 0 Å². The Kier molecular flexibility index (Phi) is 11.2. The van der Waals surface area contributed by atoms with E-state index in [4.69, 9.17) is 9.47 Å². The molecule has 0 unspecified atom stereocenters. The van der Waals surface area contributed by atoms with Gasteiger partial charge in [-0.15, -0.1) is 0 Å². The zero-order chi connectivity index (χ0) is 37.1. The molecule has 2 fully saturated rings. The third kappa shape index (κ3) is 10.4. The summed E-state index contributed by atoms with van der Waals surface area (Å²) in [5, 5.41) is 2.74. The molecule has 1 spiro atoms.